The third-order valence-corrected chi connectivity index (χ3v) is 3.16. The normalized spacial score (nSPS) is 12.8. The molecule has 0 spiro atoms. The van der Waals surface area contributed by atoms with E-state index in [4.69, 9.17) is 4.74 Å². The summed E-state index contributed by atoms with van der Waals surface area (Å²) in [6, 6.07) is 0. The molecule has 1 atom stereocenters. The van der Waals surface area contributed by atoms with Gasteiger partial charge in [-0.1, -0.05) is 6.92 Å². The van der Waals surface area contributed by atoms with Crippen LogP contribution in [0.4, 0.5) is 5.82 Å². The Bertz CT molecular complexity index is 375. The second-order valence-corrected chi connectivity index (χ2v) is 4.72. The van der Waals surface area contributed by atoms with Crippen LogP contribution >= 0.6 is 0 Å². The summed E-state index contributed by atoms with van der Waals surface area (Å²) in [5, 5.41) is 7.88. The first kappa shape index (κ1) is 15.0. The molecule has 0 fully saturated rings. The molecule has 1 unspecified atom stereocenters. The van der Waals surface area contributed by atoms with Gasteiger partial charge in [-0.25, -0.2) is 0 Å². The molecule has 0 aliphatic heterocycles. The fraction of sp³-hybridized carbons (Fsp3) is 0.769. The van der Waals surface area contributed by atoms with Crippen molar-refractivity contribution in [2.75, 3.05) is 32.1 Å². The molecule has 0 saturated carbocycles. The molecular formula is C13H26N4O. The predicted molar refractivity (Wildman–Crippen MR) is 75.1 cm³/mol. The van der Waals surface area contributed by atoms with E-state index < -0.39 is 0 Å². The summed E-state index contributed by atoms with van der Waals surface area (Å²) in [6.07, 6.45) is 0.206. The van der Waals surface area contributed by atoms with Crippen molar-refractivity contribution in [3.8, 4) is 0 Å². The van der Waals surface area contributed by atoms with Crippen LogP contribution in [0.1, 0.15) is 25.1 Å². The highest BCUT2D eigenvalue weighted by Crippen LogP contribution is 2.22. The number of ether oxygens (including phenoxy) is 1. The zero-order chi connectivity index (χ0) is 13.7. The van der Waals surface area contributed by atoms with E-state index in [9.17, 15) is 0 Å². The predicted octanol–water partition coefficient (Wildman–Crippen LogP) is 1.31. The number of methoxy groups -OCH3 is 1. The lowest BCUT2D eigenvalue weighted by molar-refractivity contribution is 0.124. The number of rotatable bonds is 7. The molecule has 1 N–H and O–H groups in total. The standard InChI is InChI=1S/C13H26N4O/c1-7-14-8-12-11(3)15-17(5)13(12)16(4)9-10(2)18-6/h10,14H,7-9H2,1-6H3. The number of aromatic nitrogens is 2. The number of nitrogens with zero attached hydrogens (tertiary/aromatic N) is 3. The Labute approximate surface area is 110 Å². The van der Waals surface area contributed by atoms with Gasteiger partial charge in [0.05, 0.1) is 11.8 Å². The van der Waals surface area contributed by atoms with E-state index in [0.29, 0.717) is 0 Å². The van der Waals surface area contributed by atoms with Crippen LogP contribution in [0.2, 0.25) is 0 Å². The highest BCUT2D eigenvalue weighted by Gasteiger charge is 2.17. The van der Waals surface area contributed by atoms with E-state index in [0.717, 1.165) is 31.1 Å². The van der Waals surface area contributed by atoms with Crippen molar-refractivity contribution in [2.24, 2.45) is 7.05 Å². The first-order chi connectivity index (χ1) is 8.51. The van der Waals surface area contributed by atoms with Gasteiger partial charge in [0.2, 0.25) is 0 Å². The van der Waals surface area contributed by atoms with E-state index in [-0.39, 0.29) is 6.10 Å². The van der Waals surface area contributed by atoms with Crippen LogP contribution in [0.15, 0.2) is 0 Å². The third-order valence-electron chi connectivity index (χ3n) is 3.16. The van der Waals surface area contributed by atoms with Crippen LogP contribution in [0.3, 0.4) is 0 Å². The molecular weight excluding hydrogens is 228 g/mol. The van der Waals surface area contributed by atoms with Crippen molar-refractivity contribution >= 4 is 5.82 Å². The molecule has 0 aliphatic carbocycles. The van der Waals surface area contributed by atoms with Gasteiger partial charge in [0.15, 0.2) is 0 Å². The maximum absolute atomic E-state index is 5.32. The molecule has 1 aromatic heterocycles. The first-order valence-electron chi connectivity index (χ1n) is 6.48. The van der Waals surface area contributed by atoms with Crippen molar-refractivity contribution < 1.29 is 4.74 Å². The molecule has 1 aromatic rings. The van der Waals surface area contributed by atoms with E-state index in [1.54, 1.807) is 7.11 Å². The molecule has 104 valence electrons. The molecule has 1 heterocycles. The number of likely N-dealkylation sites (N-methyl/N-ethyl adjacent to an activating group) is 1. The monoisotopic (exact) mass is 254 g/mol. The minimum absolute atomic E-state index is 0.206. The highest BCUT2D eigenvalue weighted by atomic mass is 16.5. The zero-order valence-corrected chi connectivity index (χ0v) is 12.4. The van der Waals surface area contributed by atoms with Gasteiger partial charge in [0.1, 0.15) is 5.82 Å². The van der Waals surface area contributed by atoms with Gasteiger partial charge >= 0.3 is 0 Å². The number of anilines is 1. The summed E-state index contributed by atoms with van der Waals surface area (Å²) in [7, 11) is 5.82. The molecule has 0 bridgehead atoms. The van der Waals surface area contributed by atoms with Crippen molar-refractivity contribution in [3.63, 3.8) is 0 Å². The summed E-state index contributed by atoms with van der Waals surface area (Å²) in [5.74, 6) is 1.16. The minimum atomic E-state index is 0.206. The van der Waals surface area contributed by atoms with Gasteiger partial charge < -0.3 is 15.0 Å². The maximum atomic E-state index is 5.32. The summed E-state index contributed by atoms with van der Waals surface area (Å²) < 4.78 is 7.27. The SMILES string of the molecule is CCNCc1c(C)nn(C)c1N(C)CC(C)OC. The molecule has 5 heteroatoms. The van der Waals surface area contributed by atoms with Crippen molar-refractivity contribution in [3.05, 3.63) is 11.3 Å². The second-order valence-electron chi connectivity index (χ2n) is 4.72. The van der Waals surface area contributed by atoms with Crippen molar-refractivity contribution in [2.45, 2.75) is 33.4 Å². The molecule has 1 rings (SSSR count). The fourth-order valence-corrected chi connectivity index (χ4v) is 2.17. The Morgan fingerprint density at radius 3 is 2.72 bits per heavy atom. The number of aryl methyl sites for hydroxylation is 2. The Morgan fingerprint density at radius 1 is 1.50 bits per heavy atom. The molecule has 0 aliphatic rings. The topological polar surface area (TPSA) is 42.3 Å². The molecule has 5 nitrogen and oxygen atoms in total. The Balaban J connectivity index is 2.91. The Kier molecular flexibility index (Phi) is 5.62. The molecule has 0 radical (unpaired) electrons. The average molecular weight is 254 g/mol. The first-order valence-corrected chi connectivity index (χ1v) is 6.48. The third kappa shape index (κ3) is 3.46. The summed E-state index contributed by atoms with van der Waals surface area (Å²) in [4.78, 5) is 2.21. The van der Waals surface area contributed by atoms with Gasteiger partial charge in [-0.05, 0) is 20.4 Å². The summed E-state index contributed by atoms with van der Waals surface area (Å²) in [6.45, 7) is 8.92. The van der Waals surface area contributed by atoms with Gasteiger partial charge in [-0.15, -0.1) is 0 Å². The minimum Gasteiger partial charge on any atom is -0.380 e. The van der Waals surface area contributed by atoms with Gasteiger partial charge in [-0.3, -0.25) is 4.68 Å². The fourth-order valence-electron chi connectivity index (χ4n) is 2.17. The Morgan fingerprint density at radius 2 is 2.17 bits per heavy atom. The smallest absolute Gasteiger partial charge is 0.131 e. The number of hydrogen-bond acceptors (Lipinski definition) is 4. The largest absolute Gasteiger partial charge is 0.380 e. The molecule has 0 amide bonds. The van der Waals surface area contributed by atoms with E-state index in [1.807, 2.05) is 11.7 Å². The van der Waals surface area contributed by atoms with E-state index in [1.165, 1.54) is 5.56 Å². The molecule has 18 heavy (non-hydrogen) atoms. The van der Waals surface area contributed by atoms with Gasteiger partial charge in [-0.2, -0.15) is 5.10 Å². The van der Waals surface area contributed by atoms with Crippen LogP contribution < -0.4 is 10.2 Å². The van der Waals surface area contributed by atoms with Crippen LogP contribution in [-0.2, 0) is 18.3 Å². The number of hydrogen-bond donors (Lipinski definition) is 1. The summed E-state index contributed by atoms with van der Waals surface area (Å²) >= 11 is 0. The van der Waals surface area contributed by atoms with Gasteiger partial charge in [0.25, 0.3) is 0 Å². The lowest BCUT2D eigenvalue weighted by atomic mass is 10.2. The van der Waals surface area contributed by atoms with Gasteiger partial charge in [0, 0.05) is 39.9 Å². The number of nitrogens with one attached hydrogen (secondary N) is 1. The average Bonchev–Trinajstić information content (AvgIpc) is 2.60. The molecule has 0 aromatic carbocycles. The van der Waals surface area contributed by atoms with Crippen LogP contribution in [-0.4, -0.2) is 43.1 Å². The Hall–Kier alpha value is -1.07. The van der Waals surface area contributed by atoms with E-state index in [2.05, 4.69) is 43.1 Å². The van der Waals surface area contributed by atoms with Crippen LogP contribution in [0, 0.1) is 6.92 Å². The van der Waals surface area contributed by atoms with E-state index >= 15 is 0 Å². The maximum Gasteiger partial charge on any atom is 0.131 e. The second kappa shape index (κ2) is 6.75. The quantitative estimate of drug-likeness (QED) is 0.796. The molecule has 0 saturated heterocycles. The lowest BCUT2D eigenvalue weighted by Crippen LogP contribution is -2.31. The highest BCUT2D eigenvalue weighted by molar-refractivity contribution is 5.49. The van der Waals surface area contributed by atoms with Crippen LogP contribution in [0.25, 0.3) is 0 Å². The summed E-state index contributed by atoms with van der Waals surface area (Å²) in [5.41, 5.74) is 2.36. The van der Waals surface area contributed by atoms with Crippen molar-refractivity contribution in [1.29, 1.82) is 0 Å². The zero-order valence-electron chi connectivity index (χ0n) is 12.4. The van der Waals surface area contributed by atoms with Crippen molar-refractivity contribution in [1.82, 2.24) is 15.1 Å². The lowest BCUT2D eigenvalue weighted by Gasteiger charge is -2.24. The van der Waals surface area contributed by atoms with Crippen LogP contribution in [0.5, 0.6) is 0 Å².